The summed E-state index contributed by atoms with van der Waals surface area (Å²) < 4.78 is 0. The molecule has 0 unspecified atom stereocenters. The summed E-state index contributed by atoms with van der Waals surface area (Å²) in [7, 11) is 3.95. The molecule has 0 saturated carbocycles. The Morgan fingerprint density at radius 1 is 1.11 bits per heavy atom. The topological polar surface area (TPSA) is 75.5 Å². The summed E-state index contributed by atoms with van der Waals surface area (Å²) in [5.41, 5.74) is 1.09. The molecule has 144 valence electrons. The number of hydrogen-bond acceptors (Lipinski definition) is 6. The maximum atomic E-state index is 12.6. The first-order valence-corrected chi connectivity index (χ1v) is 9.67. The van der Waals surface area contributed by atoms with Gasteiger partial charge in [-0.1, -0.05) is 36.4 Å². The van der Waals surface area contributed by atoms with Crippen LogP contribution < -0.4 is 5.32 Å². The van der Waals surface area contributed by atoms with E-state index >= 15 is 0 Å². The number of ketones is 1. The van der Waals surface area contributed by atoms with Gasteiger partial charge in [-0.3, -0.25) is 14.9 Å². The SMILES string of the molecule is CN(C)[C@H](CNc1ccc(C(=O)c2ccccc2)cc1[N+](=O)[O-])c1cccs1. The Hall–Kier alpha value is -3.03. The molecule has 0 fully saturated rings. The van der Waals surface area contributed by atoms with Gasteiger partial charge in [-0.2, -0.15) is 0 Å². The molecular formula is C21H21N3O3S. The Labute approximate surface area is 167 Å². The van der Waals surface area contributed by atoms with Crippen molar-refractivity contribution in [2.45, 2.75) is 6.04 Å². The van der Waals surface area contributed by atoms with Gasteiger partial charge in [-0.25, -0.2) is 0 Å². The minimum atomic E-state index is -0.458. The smallest absolute Gasteiger partial charge is 0.293 e. The summed E-state index contributed by atoms with van der Waals surface area (Å²) in [6, 6.07) is 17.4. The Kier molecular flexibility index (Phi) is 6.18. The molecule has 3 rings (SSSR count). The number of hydrogen-bond donors (Lipinski definition) is 1. The molecule has 0 amide bonds. The average Bonchev–Trinajstić information content (AvgIpc) is 3.22. The second kappa shape index (κ2) is 8.77. The first kappa shape index (κ1) is 19.7. The van der Waals surface area contributed by atoms with Gasteiger partial charge in [-0.15, -0.1) is 11.3 Å². The molecule has 0 aliphatic heterocycles. The van der Waals surface area contributed by atoms with Gasteiger partial charge in [-0.05, 0) is 37.7 Å². The predicted molar refractivity (Wildman–Crippen MR) is 112 cm³/mol. The third-order valence-electron chi connectivity index (χ3n) is 4.47. The fraction of sp³-hybridized carbons (Fsp3) is 0.190. The van der Waals surface area contributed by atoms with Gasteiger partial charge in [0.15, 0.2) is 5.78 Å². The number of nitro benzene ring substituents is 1. The van der Waals surface area contributed by atoms with Crippen molar-refractivity contribution in [1.29, 1.82) is 0 Å². The monoisotopic (exact) mass is 395 g/mol. The Morgan fingerprint density at radius 2 is 1.86 bits per heavy atom. The summed E-state index contributed by atoms with van der Waals surface area (Å²) in [6.07, 6.45) is 0. The number of anilines is 1. The van der Waals surface area contributed by atoms with Crippen molar-refractivity contribution in [1.82, 2.24) is 4.90 Å². The normalized spacial score (nSPS) is 12.0. The van der Waals surface area contributed by atoms with Crippen LogP contribution in [0.4, 0.5) is 11.4 Å². The van der Waals surface area contributed by atoms with Crippen molar-refractivity contribution in [2.75, 3.05) is 26.0 Å². The zero-order valence-corrected chi connectivity index (χ0v) is 16.5. The van der Waals surface area contributed by atoms with E-state index in [0.29, 0.717) is 23.4 Å². The molecule has 1 atom stereocenters. The summed E-state index contributed by atoms with van der Waals surface area (Å²) in [5, 5.41) is 16.8. The van der Waals surface area contributed by atoms with E-state index < -0.39 is 4.92 Å². The maximum absolute atomic E-state index is 12.6. The van der Waals surface area contributed by atoms with Crippen LogP contribution in [0.1, 0.15) is 26.8 Å². The van der Waals surface area contributed by atoms with Crippen molar-refractivity contribution in [3.8, 4) is 0 Å². The molecule has 0 bridgehead atoms. The Balaban J connectivity index is 1.83. The molecule has 1 N–H and O–H groups in total. The van der Waals surface area contributed by atoms with Crippen LogP contribution in [-0.4, -0.2) is 36.2 Å². The molecule has 7 heteroatoms. The lowest BCUT2D eigenvalue weighted by Crippen LogP contribution is -2.26. The lowest BCUT2D eigenvalue weighted by atomic mass is 10.0. The average molecular weight is 395 g/mol. The van der Waals surface area contributed by atoms with E-state index in [0.717, 1.165) is 0 Å². The van der Waals surface area contributed by atoms with Crippen LogP contribution in [0.5, 0.6) is 0 Å². The molecule has 2 aromatic carbocycles. The number of likely N-dealkylation sites (N-methyl/N-ethyl adjacent to an activating group) is 1. The van der Waals surface area contributed by atoms with Crippen LogP contribution in [-0.2, 0) is 0 Å². The molecule has 1 aromatic heterocycles. The third kappa shape index (κ3) is 4.44. The Bertz CT molecular complexity index is 956. The van der Waals surface area contributed by atoms with E-state index in [1.165, 1.54) is 10.9 Å². The standard InChI is InChI=1S/C21H21N3O3S/c1-23(2)19(20-9-6-12-28-20)14-22-17-11-10-16(13-18(17)24(26)27)21(25)15-7-4-3-5-8-15/h3-13,19,22H,14H2,1-2H3/t19-/m1/s1. The summed E-state index contributed by atoms with van der Waals surface area (Å²) >= 11 is 1.65. The number of benzene rings is 2. The van der Waals surface area contributed by atoms with Crippen molar-refractivity contribution < 1.29 is 9.72 Å². The molecule has 28 heavy (non-hydrogen) atoms. The maximum Gasteiger partial charge on any atom is 0.293 e. The quantitative estimate of drug-likeness (QED) is 0.343. The summed E-state index contributed by atoms with van der Waals surface area (Å²) in [6.45, 7) is 0.514. The molecule has 6 nitrogen and oxygen atoms in total. The number of nitro groups is 1. The summed E-state index contributed by atoms with van der Waals surface area (Å²) in [5.74, 6) is -0.236. The molecule has 0 saturated heterocycles. The number of rotatable bonds is 8. The fourth-order valence-corrected chi connectivity index (χ4v) is 3.88. The predicted octanol–water partition coefficient (Wildman–Crippen LogP) is 4.60. The van der Waals surface area contributed by atoms with Gasteiger partial charge in [0.1, 0.15) is 5.69 Å². The molecule has 0 aliphatic rings. The first-order valence-electron chi connectivity index (χ1n) is 8.79. The van der Waals surface area contributed by atoms with Crippen molar-refractivity contribution in [3.05, 3.63) is 92.2 Å². The fourth-order valence-electron chi connectivity index (χ4n) is 2.95. The number of thiophene rings is 1. The lowest BCUT2D eigenvalue weighted by molar-refractivity contribution is -0.384. The van der Waals surface area contributed by atoms with E-state index in [1.54, 1.807) is 47.7 Å². The van der Waals surface area contributed by atoms with Gasteiger partial charge in [0, 0.05) is 28.6 Å². The zero-order valence-electron chi connectivity index (χ0n) is 15.7. The number of carbonyl (C=O) groups excluding carboxylic acids is 1. The van der Waals surface area contributed by atoms with Crippen LogP contribution in [0.2, 0.25) is 0 Å². The molecule has 1 heterocycles. The highest BCUT2D eigenvalue weighted by molar-refractivity contribution is 7.10. The van der Waals surface area contributed by atoms with Crippen molar-refractivity contribution in [2.24, 2.45) is 0 Å². The Morgan fingerprint density at radius 3 is 2.46 bits per heavy atom. The van der Waals surface area contributed by atoms with Crippen LogP contribution in [0, 0.1) is 10.1 Å². The van der Waals surface area contributed by atoms with E-state index in [-0.39, 0.29) is 17.5 Å². The number of carbonyl (C=O) groups is 1. The second-order valence-corrected chi connectivity index (χ2v) is 7.54. The molecular weight excluding hydrogens is 374 g/mol. The summed E-state index contributed by atoms with van der Waals surface area (Å²) in [4.78, 5) is 27.0. The minimum absolute atomic E-state index is 0.0882. The lowest BCUT2D eigenvalue weighted by Gasteiger charge is -2.24. The molecule has 0 aliphatic carbocycles. The number of nitrogens with one attached hydrogen (secondary N) is 1. The van der Waals surface area contributed by atoms with Gasteiger partial charge in [0.2, 0.25) is 0 Å². The van der Waals surface area contributed by atoms with Crippen LogP contribution in [0.15, 0.2) is 66.0 Å². The minimum Gasteiger partial charge on any atom is -0.378 e. The van der Waals surface area contributed by atoms with Gasteiger partial charge < -0.3 is 10.2 Å². The molecule has 0 radical (unpaired) electrons. The zero-order chi connectivity index (χ0) is 20.1. The largest absolute Gasteiger partial charge is 0.378 e. The van der Waals surface area contributed by atoms with E-state index in [4.69, 9.17) is 0 Å². The van der Waals surface area contributed by atoms with E-state index in [1.807, 2.05) is 37.7 Å². The van der Waals surface area contributed by atoms with Gasteiger partial charge in [0.05, 0.1) is 11.0 Å². The van der Waals surface area contributed by atoms with E-state index in [9.17, 15) is 14.9 Å². The molecule has 3 aromatic rings. The number of nitrogens with zero attached hydrogens (tertiary/aromatic N) is 2. The van der Waals surface area contributed by atoms with Crippen LogP contribution >= 0.6 is 11.3 Å². The highest BCUT2D eigenvalue weighted by Crippen LogP contribution is 2.29. The third-order valence-corrected chi connectivity index (χ3v) is 5.45. The van der Waals surface area contributed by atoms with Gasteiger partial charge in [0.25, 0.3) is 5.69 Å². The van der Waals surface area contributed by atoms with Crippen LogP contribution in [0.3, 0.4) is 0 Å². The molecule has 0 spiro atoms. The van der Waals surface area contributed by atoms with Crippen molar-refractivity contribution in [3.63, 3.8) is 0 Å². The second-order valence-electron chi connectivity index (χ2n) is 6.56. The van der Waals surface area contributed by atoms with Gasteiger partial charge >= 0.3 is 0 Å². The van der Waals surface area contributed by atoms with Crippen molar-refractivity contribution >= 4 is 28.5 Å². The van der Waals surface area contributed by atoms with E-state index in [2.05, 4.69) is 10.2 Å². The van der Waals surface area contributed by atoms with Crippen LogP contribution in [0.25, 0.3) is 0 Å². The highest BCUT2D eigenvalue weighted by atomic mass is 32.1. The highest BCUT2D eigenvalue weighted by Gasteiger charge is 2.21. The first-order chi connectivity index (χ1) is 13.5.